The molecule has 0 aromatic carbocycles. The first-order valence-corrected chi connectivity index (χ1v) is 5.94. The first-order valence-electron chi connectivity index (χ1n) is 5.53. The second-order valence-electron chi connectivity index (χ2n) is 3.93. The molecular formula is C11H22N2OS. The van der Waals surface area contributed by atoms with Gasteiger partial charge in [-0.3, -0.25) is 4.79 Å². The predicted molar refractivity (Wildman–Crippen MR) is 67.7 cm³/mol. The lowest BCUT2D eigenvalue weighted by atomic mass is 9.85. The summed E-state index contributed by atoms with van der Waals surface area (Å²) in [6, 6.07) is 0. The SMILES string of the molecule is CCCN(CC)C(=O)C(C)(CC)C(N)=S. The molecule has 0 aliphatic rings. The summed E-state index contributed by atoms with van der Waals surface area (Å²) < 4.78 is 0. The van der Waals surface area contributed by atoms with Gasteiger partial charge in [-0.15, -0.1) is 0 Å². The highest BCUT2D eigenvalue weighted by Gasteiger charge is 2.37. The lowest BCUT2D eigenvalue weighted by Gasteiger charge is -2.32. The Hall–Kier alpha value is -0.640. The van der Waals surface area contributed by atoms with Crippen LogP contribution in [0, 0.1) is 5.41 Å². The molecule has 0 saturated carbocycles. The van der Waals surface area contributed by atoms with Crippen molar-refractivity contribution in [3.8, 4) is 0 Å². The van der Waals surface area contributed by atoms with Crippen LogP contribution in [0.15, 0.2) is 0 Å². The monoisotopic (exact) mass is 230 g/mol. The smallest absolute Gasteiger partial charge is 0.235 e. The summed E-state index contributed by atoms with van der Waals surface area (Å²) in [7, 11) is 0. The zero-order valence-electron chi connectivity index (χ0n) is 10.2. The minimum Gasteiger partial charge on any atom is -0.392 e. The third-order valence-electron chi connectivity index (χ3n) is 2.89. The van der Waals surface area contributed by atoms with Crippen molar-refractivity contribution >= 4 is 23.1 Å². The number of hydrogen-bond acceptors (Lipinski definition) is 2. The van der Waals surface area contributed by atoms with Crippen molar-refractivity contribution in [3.63, 3.8) is 0 Å². The number of carbonyl (C=O) groups excluding carboxylic acids is 1. The molecule has 0 radical (unpaired) electrons. The number of hydrogen-bond donors (Lipinski definition) is 1. The molecule has 1 unspecified atom stereocenters. The molecule has 2 N–H and O–H groups in total. The highest BCUT2D eigenvalue weighted by atomic mass is 32.1. The van der Waals surface area contributed by atoms with E-state index in [-0.39, 0.29) is 5.91 Å². The quantitative estimate of drug-likeness (QED) is 0.709. The van der Waals surface area contributed by atoms with Crippen molar-refractivity contribution in [2.24, 2.45) is 11.1 Å². The first kappa shape index (κ1) is 14.4. The lowest BCUT2D eigenvalue weighted by Crippen LogP contribution is -2.48. The molecule has 0 fully saturated rings. The third kappa shape index (κ3) is 3.16. The molecule has 15 heavy (non-hydrogen) atoms. The predicted octanol–water partition coefficient (Wildman–Crippen LogP) is 1.95. The van der Waals surface area contributed by atoms with E-state index < -0.39 is 5.41 Å². The molecule has 0 heterocycles. The second kappa shape index (κ2) is 6.05. The van der Waals surface area contributed by atoms with Crippen LogP contribution in [0.25, 0.3) is 0 Å². The van der Waals surface area contributed by atoms with Gasteiger partial charge in [0.25, 0.3) is 0 Å². The van der Waals surface area contributed by atoms with E-state index in [1.54, 1.807) is 0 Å². The van der Waals surface area contributed by atoms with Crippen LogP contribution in [-0.2, 0) is 4.79 Å². The number of amides is 1. The summed E-state index contributed by atoms with van der Waals surface area (Å²) in [5.41, 5.74) is 4.97. The lowest BCUT2D eigenvalue weighted by molar-refractivity contribution is -0.137. The maximum atomic E-state index is 12.2. The summed E-state index contributed by atoms with van der Waals surface area (Å²) in [6.45, 7) is 9.29. The second-order valence-corrected chi connectivity index (χ2v) is 4.37. The fourth-order valence-electron chi connectivity index (χ4n) is 1.45. The van der Waals surface area contributed by atoms with E-state index in [0.717, 1.165) is 13.0 Å². The topological polar surface area (TPSA) is 46.3 Å². The van der Waals surface area contributed by atoms with Gasteiger partial charge < -0.3 is 10.6 Å². The Bertz CT molecular complexity index is 243. The molecule has 0 aliphatic heterocycles. The van der Waals surface area contributed by atoms with Crippen LogP contribution in [0.3, 0.4) is 0 Å². The zero-order valence-corrected chi connectivity index (χ0v) is 11.0. The zero-order chi connectivity index (χ0) is 12.1. The Morgan fingerprint density at radius 1 is 1.40 bits per heavy atom. The summed E-state index contributed by atoms with van der Waals surface area (Å²) in [4.78, 5) is 14.3. The largest absolute Gasteiger partial charge is 0.392 e. The van der Waals surface area contributed by atoms with Crippen molar-refractivity contribution < 1.29 is 4.79 Å². The number of carbonyl (C=O) groups is 1. The van der Waals surface area contributed by atoms with Crippen LogP contribution in [0.2, 0.25) is 0 Å². The van der Waals surface area contributed by atoms with E-state index in [4.69, 9.17) is 18.0 Å². The Morgan fingerprint density at radius 2 is 1.93 bits per heavy atom. The summed E-state index contributed by atoms with van der Waals surface area (Å²) in [6.07, 6.45) is 1.61. The average Bonchev–Trinajstić information content (AvgIpc) is 2.23. The summed E-state index contributed by atoms with van der Waals surface area (Å²) in [5.74, 6) is 0.0573. The molecule has 3 nitrogen and oxygen atoms in total. The Labute approximate surface area is 98.0 Å². The minimum atomic E-state index is -0.680. The van der Waals surface area contributed by atoms with Crippen LogP contribution in [0.1, 0.15) is 40.5 Å². The van der Waals surface area contributed by atoms with Gasteiger partial charge in [0.15, 0.2) is 0 Å². The number of nitrogens with zero attached hydrogens (tertiary/aromatic N) is 1. The van der Waals surface area contributed by atoms with E-state index >= 15 is 0 Å². The number of thiocarbonyl (C=S) groups is 1. The van der Waals surface area contributed by atoms with Gasteiger partial charge in [0.2, 0.25) is 5.91 Å². The van der Waals surface area contributed by atoms with Gasteiger partial charge >= 0.3 is 0 Å². The van der Waals surface area contributed by atoms with Gasteiger partial charge in [0.1, 0.15) is 0 Å². The van der Waals surface area contributed by atoms with Gasteiger partial charge in [-0.05, 0) is 26.7 Å². The molecule has 0 aromatic rings. The van der Waals surface area contributed by atoms with Crippen molar-refractivity contribution in [2.45, 2.75) is 40.5 Å². The Balaban J connectivity index is 4.84. The van der Waals surface area contributed by atoms with Gasteiger partial charge in [-0.1, -0.05) is 26.1 Å². The molecule has 0 aromatic heterocycles. The van der Waals surface area contributed by atoms with Crippen molar-refractivity contribution in [2.75, 3.05) is 13.1 Å². The van der Waals surface area contributed by atoms with E-state index in [2.05, 4.69) is 6.92 Å². The fraction of sp³-hybridized carbons (Fsp3) is 0.818. The molecule has 0 saturated heterocycles. The molecule has 0 spiro atoms. The van der Waals surface area contributed by atoms with E-state index in [1.165, 1.54) is 0 Å². The van der Waals surface area contributed by atoms with Crippen molar-refractivity contribution in [1.29, 1.82) is 0 Å². The fourth-order valence-corrected chi connectivity index (χ4v) is 1.68. The third-order valence-corrected chi connectivity index (χ3v) is 3.34. The standard InChI is InChI=1S/C11H22N2OS/c1-5-8-13(7-3)10(14)11(4,6-2)9(12)15/h5-8H2,1-4H3,(H2,12,15). The normalized spacial score (nSPS) is 14.4. The van der Waals surface area contributed by atoms with Gasteiger partial charge in [-0.25, -0.2) is 0 Å². The van der Waals surface area contributed by atoms with Gasteiger partial charge in [0.05, 0.1) is 10.4 Å². The molecule has 1 amide bonds. The highest BCUT2D eigenvalue weighted by Crippen LogP contribution is 2.24. The maximum absolute atomic E-state index is 12.2. The molecular weight excluding hydrogens is 208 g/mol. The van der Waals surface area contributed by atoms with Gasteiger partial charge in [-0.2, -0.15) is 0 Å². The number of rotatable bonds is 6. The Morgan fingerprint density at radius 3 is 2.20 bits per heavy atom. The summed E-state index contributed by atoms with van der Waals surface area (Å²) in [5, 5.41) is 0. The average molecular weight is 230 g/mol. The van der Waals surface area contributed by atoms with E-state index in [0.29, 0.717) is 18.0 Å². The molecule has 88 valence electrons. The van der Waals surface area contributed by atoms with Crippen LogP contribution in [0.4, 0.5) is 0 Å². The van der Waals surface area contributed by atoms with Crippen molar-refractivity contribution in [3.05, 3.63) is 0 Å². The molecule has 0 aliphatic carbocycles. The summed E-state index contributed by atoms with van der Waals surface area (Å²) >= 11 is 4.99. The van der Waals surface area contributed by atoms with Crippen LogP contribution in [-0.4, -0.2) is 28.9 Å². The minimum absolute atomic E-state index is 0.0573. The Kier molecular flexibility index (Phi) is 5.80. The number of nitrogens with two attached hydrogens (primary N) is 1. The van der Waals surface area contributed by atoms with Crippen molar-refractivity contribution in [1.82, 2.24) is 4.90 Å². The molecule has 1 atom stereocenters. The van der Waals surface area contributed by atoms with Crippen LogP contribution in [0.5, 0.6) is 0 Å². The van der Waals surface area contributed by atoms with E-state index in [1.807, 2.05) is 25.7 Å². The van der Waals surface area contributed by atoms with Crippen LogP contribution >= 0.6 is 12.2 Å². The van der Waals surface area contributed by atoms with Crippen LogP contribution < -0.4 is 5.73 Å². The molecule has 4 heteroatoms. The molecule has 0 bridgehead atoms. The highest BCUT2D eigenvalue weighted by molar-refractivity contribution is 7.80. The van der Waals surface area contributed by atoms with E-state index in [9.17, 15) is 4.79 Å². The first-order chi connectivity index (χ1) is 6.93. The molecule has 0 rings (SSSR count). The van der Waals surface area contributed by atoms with Gasteiger partial charge in [0, 0.05) is 13.1 Å². The maximum Gasteiger partial charge on any atom is 0.235 e.